The molecule has 0 unspecified atom stereocenters. The second-order valence-electron chi connectivity index (χ2n) is 6.60. The van der Waals surface area contributed by atoms with E-state index in [0.29, 0.717) is 12.5 Å². The Morgan fingerprint density at radius 2 is 2.05 bits per heavy atom. The van der Waals surface area contributed by atoms with Crippen molar-refractivity contribution in [3.05, 3.63) is 23.7 Å². The van der Waals surface area contributed by atoms with Crippen LogP contribution in [0.15, 0.2) is 16.7 Å². The first kappa shape index (κ1) is 15.5. The molecule has 1 aliphatic heterocycles. The van der Waals surface area contributed by atoms with Gasteiger partial charge in [0, 0.05) is 30.9 Å². The Morgan fingerprint density at radius 1 is 1.30 bits per heavy atom. The maximum atomic E-state index is 5.75. The average Bonchev–Trinajstić information content (AvgIpc) is 2.85. The monoisotopic (exact) mass is 281 g/mol. The number of rotatable bonds is 6. The molecule has 0 spiro atoms. The van der Waals surface area contributed by atoms with Crippen LogP contribution in [0.25, 0.3) is 0 Å². The number of ether oxygens (including phenoxy) is 2. The van der Waals surface area contributed by atoms with E-state index in [9.17, 15) is 0 Å². The van der Waals surface area contributed by atoms with Gasteiger partial charge in [0.05, 0.1) is 12.9 Å². The third-order valence-electron chi connectivity index (χ3n) is 3.47. The Hall–Kier alpha value is -0.840. The van der Waals surface area contributed by atoms with Crippen LogP contribution in [0.1, 0.15) is 44.9 Å². The van der Waals surface area contributed by atoms with Gasteiger partial charge < -0.3 is 19.2 Å². The quantitative estimate of drug-likeness (QED) is 0.870. The van der Waals surface area contributed by atoms with Crippen LogP contribution in [-0.2, 0) is 22.6 Å². The lowest BCUT2D eigenvalue weighted by atomic mass is 10.0. The van der Waals surface area contributed by atoms with E-state index in [-0.39, 0.29) is 5.54 Å². The summed E-state index contributed by atoms with van der Waals surface area (Å²) in [7, 11) is 0. The fourth-order valence-electron chi connectivity index (χ4n) is 2.20. The Bertz CT molecular complexity index is 389. The van der Waals surface area contributed by atoms with Crippen LogP contribution < -0.4 is 5.32 Å². The summed E-state index contributed by atoms with van der Waals surface area (Å²) in [5.41, 5.74) is 1.29. The summed E-state index contributed by atoms with van der Waals surface area (Å²) in [6, 6.07) is 2.07. The van der Waals surface area contributed by atoms with E-state index < -0.39 is 0 Å². The second kappa shape index (κ2) is 7.25. The standard InChI is InChI=1S/C16H27NO3/c1-16(2,3)17-9-14-8-15(20-11-14)12-19-10-13-4-6-18-7-5-13/h8,11,13,17H,4-7,9-10,12H2,1-3H3. The highest BCUT2D eigenvalue weighted by Gasteiger charge is 2.14. The third kappa shape index (κ3) is 5.65. The summed E-state index contributed by atoms with van der Waals surface area (Å²) < 4.78 is 16.6. The number of hydrogen-bond donors (Lipinski definition) is 1. The van der Waals surface area contributed by atoms with E-state index in [1.807, 2.05) is 6.26 Å². The molecule has 0 saturated carbocycles. The molecule has 4 heteroatoms. The van der Waals surface area contributed by atoms with Crippen LogP contribution in [-0.4, -0.2) is 25.4 Å². The van der Waals surface area contributed by atoms with Crippen LogP contribution in [0, 0.1) is 5.92 Å². The van der Waals surface area contributed by atoms with Gasteiger partial charge in [-0.2, -0.15) is 0 Å². The molecule has 1 aromatic heterocycles. The fraction of sp³-hybridized carbons (Fsp3) is 0.750. The zero-order valence-electron chi connectivity index (χ0n) is 12.9. The van der Waals surface area contributed by atoms with Crippen molar-refractivity contribution < 1.29 is 13.9 Å². The minimum absolute atomic E-state index is 0.122. The van der Waals surface area contributed by atoms with Gasteiger partial charge in [0.2, 0.25) is 0 Å². The zero-order chi connectivity index (χ0) is 14.4. The molecule has 0 bridgehead atoms. The van der Waals surface area contributed by atoms with Gasteiger partial charge in [0.15, 0.2) is 0 Å². The SMILES string of the molecule is CC(C)(C)NCc1coc(COCC2CCOCC2)c1. The van der Waals surface area contributed by atoms with E-state index in [1.54, 1.807) is 0 Å². The lowest BCUT2D eigenvalue weighted by molar-refractivity contribution is 0.0120. The van der Waals surface area contributed by atoms with Crippen molar-refractivity contribution in [2.24, 2.45) is 5.92 Å². The highest BCUT2D eigenvalue weighted by molar-refractivity contribution is 5.12. The summed E-state index contributed by atoms with van der Waals surface area (Å²) in [6.07, 6.45) is 4.03. The summed E-state index contributed by atoms with van der Waals surface area (Å²) in [5.74, 6) is 1.54. The summed E-state index contributed by atoms with van der Waals surface area (Å²) in [5, 5.41) is 3.44. The molecule has 0 aliphatic carbocycles. The first-order valence-electron chi connectivity index (χ1n) is 7.50. The zero-order valence-corrected chi connectivity index (χ0v) is 12.9. The highest BCUT2D eigenvalue weighted by Crippen LogP contribution is 2.16. The highest BCUT2D eigenvalue weighted by atomic mass is 16.5. The van der Waals surface area contributed by atoms with Gasteiger partial charge in [0.25, 0.3) is 0 Å². The Labute approximate surface area is 121 Å². The van der Waals surface area contributed by atoms with Crippen LogP contribution in [0.4, 0.5) is 0 Å². The van der Waals surface area contributed by atoms with Crippen molar-refractivity contribution in [2.75, 3.05) is 19.8 Å². The molecule has 4 nitrogen and oxygen atoms in total. The van der Waals surface area contributed by atoms with Gasteiger partial charge in [-0.3, -0.25) is 0 Å². The van der Waals surface area contributed by atoms with Crippen molar-refractivity contribution in [1.29, 1.82) is 0 Å². The molecule has 0 radical (unpaired) electrons. The molecule has 0 atom stereocenters. The second-order valence-corrected chi connectivity index (χ2v) is 6.60. The predicted octanol–water partition coefficient (Wildman–Crippen LogP) is 3.11. The lowest BCUT2D eigenvalue weighted by Gasteiger charge is -2.21. The number of hydrogen-bond acceptors (Lipinski definition) is 4. The van der Waals surface area contributed by atoms with E-state index >= 15 is 0 Å². The number of furan rings is 1. The summed E-state index contributed by atoms with van der Waals surface area (Å²) in [6.45, 7) is 10.4. The van der Waals surface area contributed by atoms with Crippen LogP contribution >= 0.6 is 0 Å². The maximum absolute atomic E-state index is 5.75. The molecule has 0 aromatic carbocycles. The van der Waals surface area contributed by atoms with Crippen LogP contribution in [0.5, 0.6) is 0 Å². The maximum Gasteiger partial charge on any atom is 0.129 e. The largest absolute Gasteiger partial charge is 0.467 e. The molecular weight excluding hydrogens is 254 g/mol. The molecular formula is C16H27NO3. The van der Waals surface area contributed by atoms with E-state index in [4.69, 9.17) is 13.9 Å². The van der Waals surface area contributed by atoms with Crippen molar-refractivity contribution in [3.8, 4) is 0 Å². The van der Waals surface area contributed by atoms with Gasteiger partial charge in [-0.1, -0.05) is 0 Å². The molecule has 114 valence electrons. The normalized spacial score (nSPS) is 17.6. The minimum Gasteiger partial charge on any atom is -0.467 e. The summed E-state index contributed by atoms with van der Waals surface area (Å²) in [4.78, 5) is 0. The van der Waals surface area contributed by atoms with E-state index in [0.717, 1.165) is 45.0 Å². The predicted molar refractivity (Wildman–Crippen MR) is 78.5 cm³/mol. The van der Waals surface area contributed by atoms with Crippen molar-refractivity contribution in [3.63, 3.8) is 0 Å². The van der Waals surface area contributed by atoms with Gasteiger partial charge >= 0.3 is 0 Å². The van der Waals surface area contributed by atoms with Crippen molar-refractivity contribution in [1.82, 2.24) is 5.32 Å². The van der Waals surface area contributed by atoms with Gasteiger partial charge in [0.1, 0.15) is 12.4 Å². The third-order valence-corrected chi connectivity index (χ3v) is 3.47. The van der Waals surface area contributed by atoms with Gasteiger partial charge in [-0.25, -0.2) is 0 Å². The van der Waals surface area contributed by atoms with E-state index in [1.165, 1.54) is 5.56 Å². The van der Waals surface area contributed by atoms with Crippen LogP contribution in [0.2, 0.25) is 0 Å². The smallest absolute Gasteiger partial charge is 0.129 e. The Kier molecular flexibility index (Phi) is 5.64. The first-order chi connectivity index (χ1) is 9.53. The molecule has 20 heavy (non-hydrogen) atoms. The Morgan fingerprint density at radius 3 is 2.75 bits per heavy atom. The van der Waals surface area contributed by atoms with E-state index in [2.05, 4.69) is 32.2 Å². The Balaban J connectivity index is 1.67. The minimum atomic E-state index is 0.122. The van der Waals surface area contributed by atoms with Crippen LogP contribution in [0.3, 0.4) is 0 Å². The van der Waals surface area contributed by atoms with Gasteiger partial charge in [-0.05, 0) is 45.6 Å². The molecule has 1 aromatic rings. The molecule has 1 saturated heterocycles. The first-order valence-corrected chi connectivity index (χ1v) is 7.50. The van der Waals surface area contributed by atoms with Gasteiger partial charge in [-0.15, -0.1) is 0 Å². The summed E-state index contributed by atoms with van der Waals surface area (Å²) >= 11 is 0. The van der Waals surface area contributed by atoms with Crippen molar-refractivity contribution in [2.45, 2.75) is 52.3 Å². The average molecular weight is 281 g/mol. The lowest BCUT2D eigenvalue weighted by Crippen LogP contribution is -2.34. The molecule has 1 fully saturated rings. The molecule has 1 N–H and O–H groups in total. The topological polar surface area (TPSA) is 43.6 Å². The molecule has 1 aliphatic rings. The molecule has 2 heterocycles. The fourth-order valence-corrected chi connectivity index (χ4v) is 2.20. The van der Waals surface area contributed by atoms with Crippen molar-refractivity contribution >= 4 is 0 Å². The number of nitrogens with one attached hydrogen (secondary N) is 1. The molecule has 0 amide bonds. The molecule has 2 rings (SSSR count).